The monoisotopic (exact) mass is 619 g/mol. The normalized spacial score (nSPS) is 12.7. The van der Waals surface area contributed by atoms with Crippen molar-refractivity contribution in [3.8, 4) is 5.75 Å². The van der Waals surface area contributed by atoms with Crippen molar-refractivity contribution in [2.75, 3.05) is 18.0 Å². The van der Waals surface area contributed by atoms with Gasteiger partial charge in [0.1, 0.15) is 18.3 Å². The van der Waals surface area contributed by atoms with Gasteiger partial charge in [-0.15, -0.1) is 0 Å². The van der Waals surface area contributed by atoms with E-state index < -0.39 is 28.5 Å². The minimum atomic E-state index is -4.23. The summed E-state index contributed by atoms with van der Waals surface area (Å²) in [4.78, 5) is 28.9. The Balaban J connectivity index is 2.09. The van der Waals surface area contributed by atoms with Crippen molar-refractivity contribution in [3.05, 3.63) is 88.4 Å². The Bertz CT molecular complexity index is 1430. The van der Waals surface area contributed by atoms with Gasteiger partial charge in [-0.2, -0.15) is 0 Å². The van der Waals surface area contributed by atoms with Gasteiger partial charge in [0.2, 0.25) is 11.8 Å². The lowest BCUT2D eigenvalue weighted by atomic mass is 10.1. The summed E-state index contributed by atoms with van der Waals surface area (Å²) < 4.78 is 34.1. The molecule has 0 heterocycles. The highest BCUT2D eigenvalue weighted by atomic mass is 35.5. The molecule has 2 amide bonds. The van der Waals surface area contributed by atoms with Crippen LogP contribution in [0.3, 0.4) is 0 Å². The second-order valence-electron chi connectivity index (χ2n) is 9.57. The van der Waals surface area contributed by atoms with Crippen molar-refractivity contribution in [2.24, 2.45) is 0 Å². The summed E-state index contributed by atoms with van der Waals surface area (Å²) in [5.41, 5.74) is 0.842. The molecule has 3 rings (SSSR count). The number of benzene rings is 3. The van der Waals surface area contributed by atoms with E-state index in [1.807, 2.05) is 26.8 Å². The fourth-order valence-corrected chi connectivity index (χ4v) is 6.19. The van der Waals surface area contributed by atoms with Crippen LogP contribution in [0.4, 0.5) is 5.69 Å². The van der Waals surface area contributed by atoms with Gasteiger partial charge in [-0.1, -0.05) is 67.4 Å². The van der Waals surface area contributed by atoms with Gasteiger partial charge in [0.15, 0.2) is 0 Å². The van der Waals surface area contributed by atoms with Gasteiger partial charge in [0, 0.05) is 22.6 Å². The molecule has 3 aromatic rings. The van der Waals surface area contributed by atoms with Crippen molar-refractivity contribution < 1.29 is 22.7 Å². The van der Waals surface area contributed by atoms with Gasteiger partial charge < -0.3 is 15.0 Å². The number of anilines is 1. The second-order valence-corrected chi connectivity index (χ2v) is 12.3. The average Bonchev–Trinajstić information content (AvgIpc) is 2.95. The van der Waals surface area contributed by atoms with E-state index in [0.717, 1.165) is 9.87 Å². The topological polar surface area (TPSA) is 96.0 Å². The Morgan fingerprint density at radius 2 is 1.59 bits per heavy atom. The molecule has 0 saturated carbocycles. The maximum atomic E-state index is 14.1. The van der Waals surface area contributed by atoms with Gasteiger partial charge in [0.05, 0.1) is 17.7 Å². The van der Waals surface area contributed by atoms with Crippen molar-refractivity contribution in [3.63, 3.8) is 0 Å². The number of amides is 2. The van der Waals surface area contributed by atoms with Crippen LogP contribution < -0.4 is 14.4 Å². The maximum Gasteiger partial charge on any atom is 0.264 e. The second kappa shape index (κ2) is 14.6. The number of hydrogen-bond donors (Lipinski definition) is 1. The number of rotatable bonds is 13. The van der Waals surface area contributed by atoms with E-state index in [4.69, 9.17) is 27.9 Å². The molecule has 2 atom stereocenters. The summed E-state index contributed by atoms with van der Waals surface area (Å²) in [5.74, 6) is -0.301. The van der Waals surface area contributed by atoms with Gasteiger partial charge in [-0.3, -0.25) is 13.9 Å². The Hall–Kier alpha value is -3.27. The number of carbonyl (C=O) groups is 2. The molecule has 3 aromatic carbocycles. The molecule has 1 N–H and O–H groups in total. The number of hydrogen-bond acceptors (Lipinski definition) is 5. The van der Waals surface area contributed by atoms with Crippen LogP contribution in [0.2, 0.25) is 10.0 Å². The zero-order chi connectivity index (χ0) is 30.2. The van der Waals surface area contributed by atoms with Crippen LogP contribution in [0.25, 0.3) is 0 Å². The van der Waals surface area contributed by atoms with E-state index in [-0.39, 0.29) is 39.1 Å². The minimum Gasteiger partial charge on any atom is -0.497 e. The molecule has 41 heavy (non-hydrogen) atoms. The van der Waals surface area contributed by atoms with E-state index in [1.165, 1.54) is 35.2 Å². The molecule has 0 aliphatic heterocycles. The molecule has 220 valence electrons. The fourth-order valence-electron chi connectivity index (χ4n) is 4.26. The van der Waals surface area contributed by atoms with Crippen LogP contribution in [0.15, 0.2) is 77.7 Å². The zero-order valence-electron chi connectivity index (χ0n) is 23.5. The predicted molar refractivity (Wildman–Crippen MR) is 163 cm³/mol. The number of nitrogens with zero attached hydrogens (tertiary/aromatic N) is 2. The molecule has 0 radical (unpaired) electrons. The van der Waals surface area contributed by atoms with E-state index in [0.29, 0.717) is 18.6 Å². The van der Waals surface area contributed by atoms with Crippen LogP contribution in [0.1, 0.15) is 39.2 Å². The predicted octanol–water partition coefficient (Wildman–Crippen LogP) is 5.92. The molecule has 11 heteroatoms. The highest BCUT2D eigenvalue weighted by molar-refractivity contribution is 7.92. The Kier molecular flexibility index (Phi) is 11.5. The lowest BCUT2D eigenvalue weighted by Crippen LogP contribution is -2.53. The molecule has 0 saturated heterocycles. The molecule has 0 fully saturated rings. The fraction of sp³-hybridized carbons (Fsp3) is 0.333. The standard InChI is InChI=1S/C30H35Cl2N3O5S/c1-5-21(3)33-30(37)28(6-2)34(19-22-11-10-12-26(15-22)40-4)29(36)20-35(25-17-23(31)16-24(32)18-25)41(38,39)27-13-8-7-9-14-27/h7-18,21,28H,5-6,19-20H2,1-4H3,(H,33,37)/t21-,28-/m0/s1. The summed E-state index contributed by atoms with van der Waals surface area (Å²) >= 11 is 12.5. The molecule has 0 aliphatic carbocycles. The number of nitrogens with one attached hydrogen (secondary N) is 1. The van der Waals surface area contributed by atoms with Gasteiger partial charge in [0.25, 0.3) is 10.0 Å². The third-order valence-electron chi connectivity index (χ3n) is 6.62. The number of ether oxygens (including phenoxy) is 1. The minimum absolute atomic E-state index is 0.00945. The first kappa shape index (κ1) is 32.2. The third-order valence-corrected chi connectivity index (χ3v) is 8.84. The van der Waals surface area contributed by atoms with E-state index in [2.05, 4.69) is 5.32 Å². The summed E-state index contributed by atoms with van der Waals surface area (Å²) in [5, 5.41) is 3.37. The van der Waals surface area contributed by atoms with E-state index in [1.54, 1.807) is 43.5 Å². The van der Waals surface area contributed by atoms with Crippen molar-refractivity contribution in [2.45, 2.75) is 57.1 Å². The molecular formula is C30H35Cl2N3O5S. The van der Waals surface area contributed by atoms with Crippen LogP contribution in [-0.4, -0.2) is 50.9 Å². The number of halogens is 2. The van der Waals surface area contributed by atoms with Crippen LogP contribution >= 0.6 is 23.2 Å². The summed E-state index contributed by atoms with van der Waals surface area (Å²) in [7, 11) is -2.69. The van der Waals surface area contributed by atoms with Gasteiger partial charge in [-0.05, 0) is 67.8 Å². The van der Waals surface area contributed by atoms with Crippen molar-refractivity contribution in [1.29, 1.82) is 0 Å². The first-order valence-corrected chi connectivity index (χ1v) is 15.5. The van der Waals surface area contributed by atoms with E-state index >= 15 is 0 Å². The largest absolute Gasteiger partial charge is 0.497 e. The lowest BCUT2D eigenvalue weighted by Gasteiger charge is -2.34. The Morgan fingerprint density at radius 3 is 2.17 bits per heavy atom. The first-order valence-electron chi connectivity index (χ1n) is 13.3. The summed E-state index contributed by atoms with van der Waals surface area (Å²) in [6.45, 7) is 5.11. The lowest BCUT2D eigenvalue weighted by molar-refractivity contribution is -0.140. The smallest absolute Gasteiger partial charge is 0.264 e. The maximum absolute atomic E-state index is 14.1. The molecule has 0 aromatic heterocycles. The number of methoxy groups -OCH3 is 1. The Morgan fingerprint density at radius 1 is 0.927 bits per heavy atom. The van der Waals surface area contributed by atoms with Crippen LogP contribution in [0.5, 0.6) is 5.75 Å². The Labute approximate surface area is 252 Å². The molecule has 8 nitrogen and oxygen atoms in total. The highest BCUT2D eigenvalue weighted by Gasteiger charge is 2.34. The average molecular weight is 621 g/mol. The third kappa shape index (κ3) is 8.38. The molecular weight excluding hydrogens is 585 g/mol. The molecule has 0 unspecified atom stereocenters. The molecule has 0 spiro atoms. The van der Waals surface area contributed by atoms with Crippen LogP contribution in [-0.2, 0) is 26.2 Å². The number of sulfonamides is 1. The first-order chi connectivity index (χ1) is 19.5. The zero-order valence-corrected chi connectivity index (χ0v) is 25.8. The van der Waals surface area contributed by atoms with Crippen LogP contribution in [0, 0.1) is 0 Å². The molecule has 0 bridgehead atoms. The summed E-state index contributed by atoms with van der Waals surface area (Å²) in [6.07, 6.45) is 1.02. The highest BCUT2D eigenvalue weighted by Crippen LogP contribution is 2.30. The summed E-state index contributed by atoms with van der Waals surface area (Å²) in [6, 6.07) is 18.3. The SMILES string of the molecule is CC[C@H](C)NC(=O)[C@H](CC)N(Cc1cccc(OC)c1)C(=O)CN(c1cc(Cl)cc(Cl)c1)S(=O)(=O)c1ccccc1. The quantitative estimate of drug-likeness (QED) is 0.256. The van der Waals surface area contributed by atoms with Crippen molar-refractivity contribution in [1.82, 2.24) is 10.2 Å². The van der Waals surface area contributed by atoms with Gasteiger partial charge >= 0.3 is 0 Å². The molecule has 0 aliphatic rings. The van der Waals surface area contributed by atoms with Crippen molar-refractivity contribution >= 4 is 50.7 Å². The van der Waals surface area contributed by atoms with E-state index in [9.17, 15) is 18.0 Å². The number of carbonyl (C=O) groups excluding carboxylic acids is 2. The van der Waals surface area contributed by atoms with Gasteiger partial charge in [-0.25, -0.2) is 8.42 Å².